The number of anilines is 1. The number of piperidine rings is 1. The Morgan fingerprint density at radius 1 is 1.00 bits per heavy atom. The van der Waals surface area contributed by atoms with E-state index in [1.54, 1.807) is 0 Å². The molecule has 0 bridgehead atoms. The average molecular weight is 444 g/mol. The summed E-state index contributed by atoms with van der Waals surface area (Å²) in [6.45, 7) is 4.97. The molecule has 1 aromatic rings. The molecule has 2 aliphatic rings. The number of hydrogen-bond donors (Lipinski definition) is 3. The fourth-order valence-electron chi connectivity index (χ4n) is 4.26. The van der Waals surface area contributed by atoms with Gasteiger partial charge in [0.25, 0.3) is 0 Å². The Balaban J connectivity index is 1.34. The summed E-state index contributed by atoms with van der Waals surface area (Å²) in [5.74, 6) is -0.180. The average Bonchev–Trinajstić information content (AvgIpc) is 2.79. The lowest BCUT2D eigenvalue weighted by Crippen LogP contribution is -2.48. The van der Waals surface area contributed by atoms with Gasteiger partial charge in [-0.2, -0.15) is 0 Å². The Morgan fingerprint density at radius 3 is 2.38 bits per heavy atom. The Kier molecular flexibility index (Phi) is 9.49. The van der Waals surface area contributed by atoms with E-state index >= 15 is 0 Å². The number of rotatable bonds is 11. The molecule has 2 aliphatic heterocycles. The number of benzene rings is 1. The van der Waals surface area contributed by atoms with E-state index in [-0.39, 0.29) is 23.8 Å². The van der Waals surface area contributed by atoms with Crippen molar-refractivity contribution < 1.29 is 14.4 Å². The highest BCUT2D eigenvalue weighted by Crippen LogP contribution is 2.17. The number of nitrogens with two attached hydrogens (primary N) is 1. The monoisotopic (exact) mass is 443 g/mol. The molecule has 0 spiro atoms. The van der Waals surface area contributed by atoms with Gasteiger partial charge in [-0.3, -0.25) is 24.6 Å². The van der Waals surface area contributed by atoms with Crippen LogP contribution in [0, 0.1) is 0 Å². The summed E-state index contributed by atoms with van der Waals surface area (Å²) < 4.78 is 0. The quantitative estimate of drug-likeness (QED) is 0.356. The van der Waals surface area contributed by atoms with Crippen LogP contribution in [0.1, 0.15) is 56.9 Å². The second kappa shape index (κ2) is 12.6. The molecule has 8 nitrogen and oxygen atoms in total. The van der Waals surface area contributed by atoms with Gasteiger partial charge in [-0.05, 0) is 43.5 Å². The van der Waals surface area contributed by atoms with E-state index < -0.39 is 0 Å². The van der Waals surface area contributed by atoms with Crippen LogP contribution >= 0.6 is 0 Å². The number of nitrogens with one attached hydrogen (secondary N) is 2. The van der Waals surface area contributed by atoms with E-state index in [0.717, 1.165) is 70.6 Å². The van der Waals surface area contributed by atoms with Gasteiger partial charge in [-0.15, -0.1) is 0 Å². The highest BCUT2D eigenvalue weighted by Gasteiger charge is 2.26. The maximum Gasteiger partial charge on any atom is 0.249 e. The highest BCUT2D eigenvalue weighted by molar-refractivity contribution is 6.01. The number of piperazine rings is 1. The number of carbonyl (C=O) groups is 3. The molecule has 8 heteroatoms. The van der Waals surface area contributed by atoms with Crippen LogP contribution in [0.3, 0.4) is 0 Å². The standard InChI is InChI=1S/C24H37N5O3/c25-13-5-3-1-2-4-6-23(31)29-16-14-28(15-17-29)18-19-7-9-20(10-8-19)26-21-11-12-22(30)27-24(21)32/h7-10,21,26H,1-6,11-18,25H2,(H,27,30,32). The topological polar surface area (TPSA) is 108 Å². The summed E-state index contributed by atoms with van der Waals surface area (Å²) in [6.07, 6.45) is 7.04. The van der Waals surface area contributed by atoms with Gasteiger partial charge in [0.15, 0.2) is 0 Å². The van der Waals surface area contributed by atoms with Crippen LogP contribution in [-0.4, -0.2) is 66.3 Å². The largest absolute Gasteiger partial charge is 0.374 e. The second-order valence-electron chi connectivity index (χ2n) is 8.81. The van der Waals surface area contributed by atoms with Crippen LogP contribution < -0.4 is 16.4 Å². The summed E-state index contributed by atoms with van der Waals surface area (Å²) >= 11 is 0. The zero-order chi connectivity index (χ0) is 22.8. The van der Waals surface area contributed by atoms with E-state index in [1.165, 1.54) is 12.0 Å². The lowest BCUT2D eigenvalue weighted by Gasteiger charge is -2.35. The number of hydrogen-bond acceptors (Lipinski definition) is 6. The van der Waals surface area contributed by atoms with Gasteiger partial charge < -0.3 is 16.0 Å². The third kappa shape index (κ3) is 7.60. The Bertz CT molecular complexity index is 759. The van der Waals surface area contributed by atoms with Crippen molar-refractivity contribution >= 4 is 23.4 Å². The van der Waals surface area contributed by atoms with Gasteiger partial charge >= 0.3 is 0 Å². The first-order valence-electron chi connectivity index (χ1n) is 11.9. The highest BCUT2D eigenvalue weighted by atomic mass is 16.2. The molecule has 0 saturated carbocycles. The van der Waals surface area contributed by atoms with Crippen molar-refractivity contribution in [3.8, 4) is 0 Å². The molecule has 1 unspecified atom stereocenters. The number of imide groups is 1. The molecule has 1 aromatic carbocycles. The van der Waals surface area contributed by atoms with Crippen molar-refractivity contribution in [1.82, 2.24) is 15.1 Å². The number of carbonyl (C=O) groups excluding carboxylic acids is 3. The van der Waals surface area contributed by atoms with E-state index in [4.69, 9.17) is 5.73 Å². The van der Waals surface area contributed by atoms with E-state index in [0.29, 0.717) is 19.3 Å². The van der Waals surface area contributed by atoms with Crippen molar-refractivity contribution in [2.75, 3.05) is 38.0 Å². The molecule has 2 saturated heterocycles. The molecular weight excluding hydrogens is 406 g/mol. The first-order valence-corrected chi connectivity index (χ1v) is 11.9. The van der Waals surface area contributed by atoms with Gasteiger partial charge in [-0.1, -0.05) is 31.4 Å². The fourth-order valence-corrected chi connectivity index (χ4v) is 4.26. The molecule has 0 radical (unpaired) electrons. The minimum absolute atomic E-state index is 0.205. The zero-order valence-electron chi connectivity index (χ0n) is 19.0. The maximum atomic E-state index is 12.4. The lowest BCUT2D eigenvalue weighted by atomic mass is 10.1. The third-order valence-corrected chi connectivity index (χ3v) is 6.26. The first kappa shape index (κ1) is 24.2. The summed E-state index contributed by atoms with van der Waals surface area (Å²) in [4.78, 5) is 40.0. The molecule has 0 aliphatic carbocycles. The van der Waals surface area contributed by atoms with Gasteiger partial charge in [0.1, 0.15) is 6.04 Å². The van der Waals surface area contributed by atoms with Crippen molar-refractivity contribution in [1.29, 1.82) is 0 Å². The zero-order valence-corrected chi connectivity index (χ0v) is 19.0. The maximum absolute atomic E-state index is 12.4. The second-order valence-corrected chi connectivity index (χ2v) is 8.81. The summed E-state index contributed by atoms with van der Waals surface area (Å²) in [6, 6.07) is 7.72. The van der Waals surface area contributed by atoms with E-state index in [9.17, 15) is 14.4 Å². The molecule has 1 atom stereocenters. The third-order valence-electron chi connectivity index (χ3n) is 6.26. The van der Waals surface area contributed by atoms with Crippen LogP contribution in [-0.2, 0) is 20.9 Å². The van der Waals surface area contributed by atoms with E-state index in [2.05, 4.69) is 27.7 Å². The molecule has 2 fully saturated rings. The van der Waals surface area contributed by atoms with Gasteiger partial charge in [0.05, 0.1) is 0 Å². The molecule has 3 rings (SSSR count). The van der Waals surface area contributed by atoms with Crippen molar-refractivity contribution in [3.63, 3.8) is 0 Å². The van der Waals surface area contributed by atoms with Crippen LogP contribution in [0.15, 0.2) is 24.3 Å². The lowest BCUT2D eigenvalue weighted by molar-refractivity contribution is -0.134. The molecule has 2 heterocycles. The Morgan fingerprint density at radius 2 is 1.69 bits per heavy atom. The minimum Gasteiger partial charge on any atom is -0.374 e. The number of nitrogens with zero attached hydrogens (tertiary/aromatic N) is 2. The predicted molar refractivity (Wildman–Crippen MR) is 125 cm³/mol. The van der Waals surface area contributed by atoms with E-state index in [1.807, 2.05) is 17.0 Å². The number of unbranched alkanes of at least 4 members (excludes halogenated alkanes) is 4. The van der Waals surface area contributed by atoms with Crippen LogP contribution in [0.5, 0.6) is 0 Å². The molecular formula is C24H37N5O3. The molecule has 4 N–H and O–H groups in total. The molecule has 0 aromatic heterocycles. The van der Waals surface area contributed by atoms with Gasteiger partial charge in [0, 0.05) is 51.3 Å². The van der Waals surface area contributed by atoms with Crippen LogP contribution in [0.25, 0.3) is 0 Å². The van der Waals surface area contributed by atoms with Gasteiger partial charge in [-0.25, -0.2) is 0 Å². The van der Waals surface area contributed by atoms with Crippen molar-refractivity contribution in [2.24, 2.45) is 5.73 Å². The summed E-state index contributed by atoms with van der Waals surface area (Å²) in [5, 5.41) is 5.57. The molecule has 32 heavy (non-hydrogen) atoms. The summed E-state index contributed by atoms with van der Waals surface area (Å²) in [7, 11) is 0. The Hall–Kier alpha value is -2.45. The first-order chi connectivity index (χ1) is 15.5. The SMILES string of the molecule is NCCCCCCCC(=O)N1CCN(Cc2ccc(NC3CCC(=O)NC3=O)cc2)CC1. The number of amides is 3. The van der Waals surface area contributed by atoms with Crippen LogP contribution in [0.2, 0.25) is 0 Å². The van der Waals surface area contributed by atoms with Crippen molar-refractivity contribution in [3.05, 3.63) is 29.8 Å². The normalized spacial score (nSPS) is 19.7. The molecule has 3 amide bonds. The fraction of sp³-hybridized carbons (Fsp3) is 0.625. The Labute approximate surface area is 190 Å². The van der Waals surface area contributed by atoms with Crippen LogP contribution in [0.4, 0.5) is 5.69 Å². The minimum atomic E-state index is -0.366. The predicted octanol–water partition coefficient (Wildman–Crippen LogP) is 1.85. The summed E-state index contributed by atoms with van der Waals surface area (Å²) in [5.41, 5.74) is 7.59. The smallest absolute Gasteiger partial charge is 0.249 e. The molecule has 176 valence electrons. The van der Waals surface area contributed by atoms with Crippen molar-refractivity contribution in [2.45, 2.75) is 64.0 Å². The van der Waals surface area contributed by atoms with Gasteiger partial charge in [0.2, 0.25) is 17.7 Å².